The number of hydrogen-bond donors (Lipinski definition) is 0. The van der Waals surface area contributed by atoms with Crippen LogP contribution in [0.2, 0.25) is 0 Å². The normalized spacial score (nSPS) is 10.7. The molecule has 3 rings (SSSR count). The lowest BCUT2D eigenvalue weighted by Gasteiger charge is -2.07. The van der Waals surface area contributed by atoms with Gasteiger partial charge in [0.05, 0.1) is 7.11 Å². The van der Waals surface area contributed by atoms with E-state index in [9.17, 15) is 4.79 Å². The Hall–Kier alpha value is -2.55. The number of benzene rings is 1. The summed E-state index contributed by atoms with van der Waals surface area (Å²) in [6, 6.07) is 17.1. The van der Waals surface area contributed by atoms with E-state index in [1.165, 1.54) is 0 Å². The molecule has 0 aliphatic heterocycles. The van der Waals surface area contributed by atoms with E-state index in [-0.39, 0.29) is 5.78 Å². The first-order chi connectivity index (χ1) is 9.72. The Morgan fingerprint density at radius 2 is 1.80 bits per heavy atom. The topological polar surface area (TPSA) is 30.7 Å². The van der Waals surface area contributed by atoms with Crippen molar-refractivity contribution in [3.63, 3.8) is 0 Å². The minimum atomic E-state index is -0.0308. The van der Waals surface area contributed by atoms with E-state index in [1.807, 2.05) is 65.9 Å². The molecule has 0 N–H and O–H groups in total. The van der Waals surface area contributed by atoms with E-state index in [0.29, 0.717) is 17.0 Å². The van der Waals surface area contributed by atoms with Crippen LogP contribution in [0.3, 0.4) is 0 Å². The van der Waals surface area contributed by atoms with Crippen LogP contribution in [0.15, 0.2) is 54.6 Å². The molecule has 1 aromatic carbocycles. The van der Waals surface area contributed by atoms with Gasteiger partial charge in [0.15, 0.2) is 0 Å². The van der Waals surface area contributed by atoms with Gasteiger partial charge in [0, 0.05) is 22.8 Å². The molecule has 20 heavy (non-hydrogen) atoms. The van der Waals surface area contributed by atoms with Crippen LogP contribution >= 0.6 is 0 Å². The highest BCUT2D eigenvalue weighted by Crippen LogP contribution is 2.27. The fraction of sp³-hybridized carbons (Fsp3) is 0.118. The van der Waals surface area contributed by atoms with Gasteiger partial charge < -0.3 is 9.14 Å². The molecule has 3 heteroatoms. The van der Waals surface area contributed by atoms with Crippen molar-refractivity contribution in [1.82, 2.24) is 4.40 Å². The van der Waals surface area contributed by atoms with E-state index in [2.05, 4.69) is 0 Å². The van der Waals surface area contributed by atoms with E-state index in [0.717, 1.165) is 11.2 Å². The average Bonchev–Trinajstić information content (AvgIpc) is 2.87. The maximum Gasteiger partial charge on any atom is 0.213 e. The van der Waals surface area contributed by atoms with Gasteiger partial charge in [0.25, 0.3) is 0 Å². The highest BCUT2D eigenvalue weighted by atomic mass is 16.5. The van der Waals surface area contributed by atoms with E-state index in [4.69, 9.17) is 4.74 Å². The van der Waals surface area contributed by atoms with Crippen molar-refractivity contribution in [2.45, 2.75) is 6.92 Å². The Bertz CT molecular complexity index is 772. The zero-order valence-electron chi connectivity index (χ0n) is 11.5. The fourth-order valence-corrected chi connectivity index (χ4v) is 2.46. The summed E-state index contributed by atoms with van der Waals surface area (Å²) < 4.78 is 7.32. The largest absolute Gasteiger partial charge is 0.494 e. The predicted octanol–water partition coefficient (Wildman–Crippen LogP) is 3.49. The van der Waals surface area contributed by atoms with Crippen LogP contribution < -0.4 is 4.74 Å². The fourth-order valence-electron chi connectivity index (χ4n) is 2.46. The molecule has 0 aliphatic rings. The number of ketones is 1. The summed E-state index contributed by atoms with van der Waals surface area (Å²) in [5.74, 6) is 0.574. The van der Waals surface area contributed by atoms with Crippen LogP contribution in [-0.4, -0.2) is 17.3 Å². The summed E-state index contributed by atoms with van der Waals surface area (Å²) in [6.45, 7) is 1.98. The monoisotopic (exact) mass is 265 g/mol. The number of hydrogen-bond acceptors (Lipinski definition) is 2. The van der Waals surface area contributed by atoms with Gasteiger partial charge in [-0.1, -0.05) is 36.4 Å². The molecule has 0 fully saturated rings. The Morgan fingerprint density at radius 1 is 1.05 bits per heavy atom. The summed E-state index contributed by atoms with van der Waals surface area (Å²) in [7, 11) is 1.59. The molecular formula is C17H15NO2. The molecule has 0 saturated carbocycles. The van der Waals surface area contributed by atoms with Crippen LogP contribution in [0, 0.1) is 6.92 Å². The zero-order chi connectivity index (χ0) is 14.1. The maximum atomic E-state index is 12.8. The number of nitrogens with zero attached hydrogens (tertiary/aromatic N) is 1. The van der Waals surface area contributed by atoms with Crippen molar-refractivity contribution in [3.8, 4) is 5.75 Å². The van der Waals surface area contributed by atoms with Crippen LogP contribution in [-0.2, 0) is 0 Å². The number of carbonyl (C=O) groups excluding carboxylic acids is 1. The molecule has 3 aromatic rings. The third kappa shape index (κ3) is 1.88. The minimum absolute atomic E-state index is 0.0308. The Kier molecular flexibility index (Phi) is 3.03. The first kappa shape index (κ1) is 12.5. The first-order valence-corrected chi connectivity index (χ1v) is 6.47. The zero-order valence-corrected chi connectivity index (χ0v) is 11.5. The molecule has 2 aromatic heterocycles. The molecule has 0 radical (unpaired) electrons. The van der Waals surface area contributed by atoms with Crippen molar-refractivity contribution in [2.75, 3.05) is 7.11 Å². The summed E-state index contributed by atoms with van der Waals surface area (Å²) in [6.07, 6.45) is 0. The molecule has 100 valence electrons. The Morgan fingerprint density at radius 3 is 2.50 bits per heavy atom. The van der Waals surface area contributed by atoms with E-state index >= 15 is 0 Å². The van der Waals surface area contributed by atoms with Crippen molar-refractivity contribution < 1.29 is 9.53 Å². The molecule has 0 bridgehead atoms. The SMILES string of the molecule is COc1cc2cccc(C)n2c1C(=O)c1ccccc1. The Balaban J connectivity index is 2.27. The van der Waals surface area contributed by atoms with Crippen molar-refractivity contribution >= 4 is 11.3 Å². The van der Waals surface area contributed by atoms with Crippen LogP contribution in [0.25, 0.3) is 5.52 Å². The maximum absolute atomic E-state index is 12.8. The van der Waals surface area contributed by atoms with Crippen molar-refractivity contribution in [1.29, 1.82) is 0 Å². The van der Waals surface area contributed by atoms with E-state index in [1.54, 1.807) is 7.11 Å². The van der Waals surface area contributed by atoms with E-state index < -0.39 is 0 Å². The second-order valence-corrected chi connectivity index (χ2v) is 4.68. The molecular weight excluding hydrogens is 250 g/mol. The van der Waals surface area contributed by atoms with Crippen LogP contribution in [0.5, 0.6) is 5.75 Å². The second-order valence-electron chi connectivity index (χ2n) is 4.68. The quantitative estimate of drug-likeness (QED) is 0.679. The molecule has 0 amide bonds. The minimum Gasteiger partial charge on any atom is -0.494 e. The number of ether oxygens (including phenoxy) is 1. The number of aromatic nitrogens is 1. The first-order valence-electron chi connectivity index (χ1n) is 6.47. The lowest BCUT2D eigenvalue weighted by atomic mass is 10.1. The van der Waals surface area contributed by atoms with Crippen molar-refractivity contribution in [3.05, 3.63) is 71.5 Å². The number of methoxy groups -OCH3 is 1. The van der Waals surface area contributed by atoms with Crippen molar-refractivity contribution in [2.24, 2.45) is 0 Å². The third-order valence-electron chi connectivity index (χ3n) is 3.42. The lowest BCUT2D eigenvalue weighted by molar-refractivity contribution is 0.103. The summed E-state index contributed by atoms with van der Waals surface area (Å²) in [4.78, 5) is 12.8. The van der Waals surface area contributed by atoms with Gasteiger partial charge in [0.2, 0.25) is 5.78 Å². The smallest absolute Gasteiger partial charge is 0.213 e. The number of fused-ring (bicyclic) bond motifs is 1. The molecule has 0 aliphatic carbocycles. The molecule has 0 saturated heterocycles. The second kappa shape index (κ2) is 4.85. The number of carbonyl (C=O) groups is 1. The average molecular weight is 265 g/mol. The number of aryl methyl sites for hydroxylation is 1. The third-order valence-corrected chi connectivity index (χ3v) is 3.42. The van der Waals surface area contributed by atoms with Gasteiger partial charge in [0.1, 0.15) is 11.4 Å². The highest BCUT2D eigenvalue weighted by molar-refractivity contribution is 6.10. The van der Waals surface area contributed by atoms with Crippen LogP contribution in [0.4, 0.5) is 0 Å². The molecule has 0 unspecified atom stereocenters. The molecule has 0 spiro atoms. The van der Waals surface area contributed by atoms with Gasteiger partial charge in [-0.25, -0.2) is 0 Å². The van der Waals surface area contributed by atoms with Gasteiger partial charge in [-0.3, -0.25) is 4.79 Å². The van der Waals surface area contributed by atoms with Gasteiger partial charge >= 0.3 is 0 Å². The Labute approximate surface area is 117 Å². The predicted molar refractivity (Wildman–Crippen MR) is 78.6 cm³/mol. The molecule has 0 atom stereocenters. The van der Waals surface area contributed by atoms with Gasteiger partial charge in [-0.05, 0) is 19.1 Å². The highest BCUT2D eigenvalue weighted by Gasteiger charge is 2.20. The standard InChI is InChI=1S/C17H15NO2/c1-12-7-6-10-14-11-15(20-2)16(18(12)14)17(19)13-8-4-3-5-9-13/h3-11H,1-2H3. The van der Waals surface area contributed by atoms with Gasteiger partial charge in [-0.2, -0.15) is 0 Å². The van der Waals surface area contributed by atoms with Crippen LogP contribution in [0.1, 0.15) is 21.7 Å². The molecule has 3 nitrogen and oxygen atoms in total. The number of pyridine rings is 1. The molecule has 2 heterocycles. The number of rotatable bonds is 3. The summed E-state index contributed by atoms with van der Waals surface area (Å²) in [5, 5.41) is 0. The lowest BCUT2D eigenvalue weighted by Crippen LogP contribution is -2.08. The van der Waals surface area contributed by atoms with Gasteiger partial charge in [-0.15, -0.1) is 0 Å². The summed E-state index contributed by atoms with van der Waals surface area (Å²) >= 11 is 0. The summed E-state index contributed by atoms with van der Waals surface area (Å²) in [5.41, 5.74) is 3.20.